The molecule has 0 atom stereocenters. The van der Waals surface area contributed by atoms with Crippen LogP contribution in [0.25, 0.3) is 0 Å². The van der Waals surface area contributed by atoms with E-state index in [1.54, 1.807) is 0 Å². The topological polar surface area (TPSA) is 91.7 Å². The average Bonchev–Trinajstić information content (AvgIpc) is 1.75. The molecule has 2 N–H and O–H groups in total. The van der Waals surface area contributed by atoms with Gasteiger partial charge in [-0.3, -0.25) is 9.59 Å². The summed E-state index contributed by atoms with van der Waals surface area (Å²) in [5, 5.41) is 13.8. The van der Waals surface area contributed by atoms with Crippen molar-refractivity contribution >= 4 is 49.3 Å². The Kier molecular flexibility index (Phi) is 334. The molecule has 0 aromatic rings. The van der Waals surface area contributed by atoms with E-state index in [-0.39, 0.29) is 42.5 Å². The van der Waals surface area contributed by atoms with Crippen LogP contribution >= 0.6 is 0 Å². The van der Waals surface area contributed by atoms with Crippen molar-refractivity contribution in [2.24, 2.45) is 0 Å². The van der Waals surface area contributed by atoms with Gasteiger partial charge >= 0.3 is 29.6 Å². The zero-order valence-corrected chi connectivity index (χ0v) is 3.98. The van der Waals surface area contributed by atoms with Gasteiger partial charge in [-0.15, -0.1) is 0 Å². The Morgan fingerprint density at radius 1 is 1.00 bits per heavy atom. The van der Waals surface area contributed by atoms with Gasteiger partial charge in [0, 0.05) is 0 Å². The molecule has 50 valence electrons. The van der Waals surface area contributed by atoms with E-state index >= 15 is 0 Å². The molecule has 0 spiro atoms. The molecule has 0 heterocycles. The SMILES string of the molecule is C=O.O=CO.O=CO.[NaH]. The molecule has 0 aromatic carbocycles. The summed E-state index contributed by atoms with van der Waals surface area (Å²) in [4.78, 5) is 24.7. The monoisotopic (exact) mass is 146 g/mol. The third-order valence-corrected chi connectivity index (χ3v) is 0. The second-order valence-electron chi connectivity index (χ2n) is 0.211. The molecule has 0 saturated heterocycles. The Hall–Kier alpha value is -0.390. The minimum absolute atomic E-state index is 0. The maximum atomic E-state index is 8.36. The van der Waals surface area contributed by atoms with Crippen molar-refractivity contribution in [2.45, 2.75) is 0 Å². The van der Waals surface area contributed by atoms with Crippen LogP contribution in [0.1, 0.15) is 0 Å². The molecule has 0 fully saturated rings. The molecular formula is C3H7NaO5. The molecule has 0 radical (unpaired) electrons. The van der Waals surface area contributed by atoms with Crippen LogP contribution in [0.15, 0.2) is 0 Å². The Balaban J connectivity index is -0.0000000202. The van der Waals surface area contributed by atoms with Gasteiger partial charge < -0.3 is 15.0 Å². The molecule has 0 aliphatic carbocycles. The first kappa shape index (κ1) is 23.5. The van der Waals surface area contributed by atoms with Crippen LogP contribution in [-0.4, -0.2) is 59.5 Å². The summed E-state index contributed by atoms with van der Waals surface area (Å²) >= 11 is 0. The van der Waals surface area contributed by atoms with E-state index in [1.165, 1.54) is 0 Å². The van der Waals surface area contributed by atoms with E-state index in [9.17, 15) is 0 Å². The maximum absolute atomic E-state index is 8.36. The van der Waals surface area contributed by atoms with E-state index in [1.807, 2.05) is 6.79 Å². The van der Waals surface area contributed by atoms with Gasteiger partial charge in [-0.25, -0.2) is 0 Å². The minimum atomic E-state index is -0.250. The fourth-order valence-corrected chi connectivity index (χ4v) is 0. The van der Waals surface area contributed by atoms with Crippen molar-refractivity contribution in [3.05, 3.63) is 0 Å². The fourth-order valence-electron chi connectivity index (χ4n) is 0. The summed E-state index contributed by atoms with van der Waals surface area (Å²) in [6, 6.07) is 0. The van der Waals surface area contributed by atoms with Gasteiger partial charge in [0.05, 0.1) is 0 Å². The predicted octanol–water partition coefficient (Wildman–Crippen LogP) is -1.43. The summed E-state index contributed by atoms with van der Waals surface area (Å²) < 4.78 is 0. The second kappa shape index (κ2) is 128. The Morgan fingerprint density at radius 2 is 1.00 bits per heavy atom. The Labute approximate surface area is 74.0 Å². The van der Waals surface area contributed by atoms with Crippen LogP contribution in [0, 0.1) is 0 Å². The van der Waals surface area contributed by atoms with Crippen molar-refractivity contribution in [3.8, 4) is 0 Å². The molecular weight excluding hydrogens is 139 g/mol. The summed E-state index contributed by atoms with van der Waals surface area (Å²) in [7, 11) is 0. The summed E-state index contributed by atoms with van der Waals surface area (Å²) in [5.74, 6) is 0. The summed E-state index contributed by atoms with van der Waals surface area (Å²) in [6.45, 7) is 1.50. The van der Waals surface area contributed by atoms with E-state index in [0.717, 1.165) is 0 Å². The normalized spacial score (nSPS) is 3.11. The third kappa shape index (κ3) is 1570. The number of carbonyl (C=O) groups excluding carboxylic acids is 1. The third-order valence-electron chi connectivity index (χ3n) is 0. The number of hydrogen-bond acceptors (Lipinski definition) is 3. The summed E-state index contributed by atoms with van der Waals surface area (Å²) in [6.07, 6.45) is 0. The molecule has 0 amide bonds. The number of rotatable bonds is 0. The molecule has 0 aromatic heterocycles. The molecule has 0 rings (SSSR count). The van der Waals surface area contributed by atoms with Gasteiger partial charge in [0.2, 0.25) is 0 Å². The Bertz CT molecular complexity index is 41.5. The van der Waals surface area contributed by atoms with Crippen LogP contribution < -0.4 is 0 Å². The van der Waals surface area contributed by atoms with Crippen LogP contribution in [0.2, 0.25) is 0 Å². The van der Waals surface area contributed by atoms with Crippen molar-refractivity contribution in [3.63, 3.8) is 0 Å². The van der Waals surface area contributed by atoms with Crippen molar-refractivity contribution in [1.82, 2.24) is 0 Å². The Morgan fingerprint density at radius 3 is 1.00 bits per heavy atom. The first-order valence-corrected chi connectivity index (χ1v) is 1.28. The first-order chi connectivity index (χ1) is 3.83. The first-order valence-electron chi connectivity index (χ1n) is 1.28. The van der Waals surface area contributed by atoms with Gasteiger partial charge in [-0.05, 0) is 0 Å². The van der Waals surface area contributed by atoms with Crippen molar-refractivity contribution < 1.29 is 24.6 Å². The number of hydrogen-bond donors (Lipinski definition) is 2. The van der Waals surface area contributed by atoms with E-state index < -0.39 is 0 Å². The van der Waals surface area contributed by atoms with Crippen molar-refractivity contribution in [1.29, 1.82) is 0 Å². The standard InChI is InChI=1S/2CH2O2.CH2O.Na.H/c2*2-1-3;1-2;;/h2*1H,(H,2,3);1H2;;. The van der Waals surface area contributed by atoms with Gasteiger partial charge in [0.1, 0.15) is 6.79 Å². The van der Waals surface area contributed by atoms with Crippen LogP contribution in [-0.2, 0) is 14.4 Å². The molecule has 0 bridgehead atoms. The molecule has 0 aliphatic heterocycles. The zero-order chi connectivity index (χ0) is 7.41. The van der Waals surface area contributed by atoms with Gasteiger partial charge in [0.15, 0.2) is 0 Å². The quantitative estimate of drug-likeness (QED) is 0.323. The zero-order valence-electron chi connectivity index (χ0n) is 3.98. The van der Waals surface area contributed by atoms with Gasteiger partial charge in [-0.1, -0.05) is 0 Å². The van der Waals surface area contributed by atoms with E-state index in [2.05, 4.69) is 0 Å². The molecule has 5 nitrogen and oxygen atoms in total. The van der Waals surface area contributed by atoms with E-state index in [0.29, 0.717) is 0 Å². The van der Waals surface area contributed by atoms with Crippen molar-refractivity contribution in [2.75, 3.05) is 0 Å². The van der Waals surface area contributed by atoms with Crippen LogP contribution in [0.3, 0.4) is 0 Å². The molecule has 0 unspecified atom stereocenters. The number of carbonyl (C=O) groups is 3. The van der Waals surface area contributed by atoms with Gasteiger partial charge in [0.25, 0.3) is 12.9 Å². The molecule has 6 heteroatoms. The average molecular weight is 146 g/mol. The second-order valence-corrected chi connectivity index (χ2v) is 0.211. The fraction of sp³-hybridized carbons (Fsp3) is 0. The number of carboxylic acid groups (broad SMARTS) is 2. The van der Waals surface area contributed by atoms with Crippen LogP contribution in [0.5, 0.6) is 0 Å². The van der Waals surface area contributed by atoms with E-state index in [4.69, 9.17) is 24.6 Å². The molecule has 9 heavy (non-hydrogen) atoms. The molecule has 0 saturated carbocycles. The summed E-state index contributed by atoms with van der Waals surface area (Å²) in [5.41, 5.74) is 0. The predicted molar refractivity (Wildman–Crippen MR) is 31.7 cm³/mol. The molecule has 0 aliphatic rings. The van der Waals surface area contributed by atoms with Crippen LogP contribution in [0.4, 0.5) is 0 Å². The van der Waals surface area contributed by atoms with Gasteiger partial charge in [-0.2, -0.15) is 0 Å².